The Balaban J connectivity index is 1.49. The van der Waals surface area contributed by atoms with Crippen LogP contribution in [0.4, 0.5) is 19.0 Å². The molecule has 0 radical (unpaired) electrons. The van der Waals surface area contributed by atoms with E-state index >= 15 is 8.78 Å². The standard InChI is InChI=1S/C33H38F3N3O5/c1-19(2)18-33(32(42)43,22-7-4-5-8-22)38-13-6-14-44-23-16-26(35)29(27(36)17-23)39-28(40)12-10-24(31(39)37)30(41)21-9-11-25(34)20(3)15-21/h9-12,15-17,19,22,38H,4-8,13-14,18,37H2,1-3H3,(H,42,43)/t33-/m0/s1. The number of halogens is 3. The molecule has 0 saturated heterocycles. The largest absolute Gasteiger partial charge is 0.493 e. The Morgan fingerprint density at radius 2 is 1.73 bits per heavy atom. The van der Waals surface area contributed by atoms with Gasteiger partial charge in [0.2, 0.25) is 0 Å². The van der Waals surface area contributed by atoms with Crippen molar-refractivity contribution in [1.82, 2.24) is 9.88 Å². The topological polar surface area (TPSA) is 124 Å². The summed E-state index contributed by atoms with van der Waals surface area (Å²) >= 11 is 0. The number of carboxylic acid groups (broad SMARTS) is 1. The van der Waals surface area contributed by atoms with Crippen LogP contribution in [0, 0.1) is 36.2 Å². The molecule has 1 aliphatic rings. The van der Waals surface area contributed by atoms with Gasteiger partial charge in [-0.15, -0.1) is 0 Å². The molecule has 1 fully saturated rings. The predicted octanol–water partition coefficient (Wildman–Crippen LogP) is 5.79. The molecule has 0 spiro atoms. The predicted molar refractivity (Wildman–Crippen MR) is 161 cm³/mol. The number of aryl methyl sites for hydroxylation is 1. The minimum atomic E-state index is -1.14. The van der Waals surface area contributed by atoms with Gasteiger partial charge in [-0.25, -0.2) is 13.2 Å². The van der Waals surface area contributed by atoms with E-state index < -0.39 is 51.8 Å². The molecule has 1 atom stereocenters. The van der Waals surface area contributed by atoms with Crippen LogP contribution in [0.3, 0.4) is 0 Å². The van der Waals surface area contributed by atoms with Gasteiger partial charge in [-0.1, -0.05) is 26.7 Å². The summed E-state index contributed by atoms with van der Waals surface area (Å²) in [7, 11) is 0. The van der Waals surface area contributed by atoms with Crippen LogP contribution in [0.1, 0.15) is 73.9 Å². The normalized spacial score (nSPS) is 15.0. The summed E-state index contributed by atoms with van der Waals surface area (Å²) in [4.78, 5) is 38.2. The third kappa shape index (κ3) is 6.83. The smallest absolute Gasteiger partial charge is 0.324 e. The highest BCUT2D eigenvalue weighted by Gasteiger charge is 2.46. The third-order valence-electron chi connectivity index (χ3n) is 8.20. The fourth-order valence-electron chi connectivity index (χ4n) is 6.11. The minimum Gasteiger partial charge on any atom is -0.493 e. The SMILES string of the molecule is Cc1cc(C(=O)c2ccc(=O)n(-c3c(F)cc(OCCCN[C@](CC(C)C)(C(=O)O)C4CCCC4)cc3F)c2N)ccc1F. The molecule has 0 amide bonds. The van der Waals surface area contributed by atoms with E-state index in [1.165, 1.54) is 19.1 Å². The molecule has 1 aromatic heterocycles. The molecular formula is C33H38F3N3O5. The van der Waals surface area contributed by atoms with Crippen molar-refractivity contribution in [1.29, 1.82) is 0 Å². The molecule has 4 N–H and O–H groups in total. The van der Waals surface area contributed by atoms with E-state index in [4.69, 9.17) is 10.5 Å². The van der Waals surface area contributed by atoms with Crippen molar-refractivity contribution in [2.24, 2.45) is 11.8 Å². The van der Waals surface area contributed by atoms with Crippen molar-refractivity contribution in [2.75, 3.05) is 18.9 Å². The van der Waals surface area contributed by atoms with Gasteiger partial charge < -0.3 is 20.9 Å². The zero-order valence-electron chi connectivity index (χ0n) is 25.1. The van der Waals surface area contributed by atoms with Crippen LogP contribution in [-0.4, -0.2) is 40.1 Å². The molecule has 44 heavy (non-hydrogen) atoms. The highest BCUT2D eigenvalue weighted by molar-refractivity contribution is 6.11. The van der Waals surface area contributed by atoms with Crippen LogP contribution >= 0.6 is 0 Å². The number of carbonyl (C=O) groups is 2. The van der Waals surface area contributed by atoms with Crippen molar-refractivity contribution in [3.05, 3.63) is 87.0 Å². The van der Waals surface area contributed by atoms with E-state index in [-0.39, 0.29) is 40.9 Å². The number of aromatic nitrogens is 1. The van der Waals surface area contributed by atoms with E-state index in [9.17, 15) is 23.9 Å². The van der Waals surface area contributed by atoms with Gasteiger partial charge in [0.15, 0.2) is 17.4 Å². The Labute approximate surface area is 254 Å². The van der Waals surface area contributed by atoms with Crippen LogP contribution in [0.2, 0.25) is 0 Å². The first-order chi connectivity index (χ1) is 20.9. The van der Waals surface area contributed by atoms with Gasteiger partial charge in [0.05, 0.1) is 12.2 Å². The van der Waals surface area contributed by atoms with Crippen molar-refractivity contribution in [2.45, 2.75) is 64.8 Å². The van der Waals surface area contributed by atoms with Crippen molar-refractivity contribution >= 4 is 17.6 Å². The maximum Gasteiger partial charge on any atom is 0.324 e. The Kier molecular flexibility index (Phi) is 10.2. The maximum absolute atomic E-state index is 15.3. The van der Waals surface area contributed by atoms with Gasteiger partial charge in [-0.05, 0) is 80.8 Å². The van der Waals surface area contributed by atoms with Crippen molar-refractivity contribution < 1.29 is 32.6 Å². The number of nitrogens with one attached hydrogen (secondary N) is 1. The van der Waals surface area contributed by atoms with Gasteiger partial charge in [0, 0.05) is 23.8 Å². The lowest BCUT2D eigenvalue weighted by Crippen LogP contribution is -2.58. The number of hydrogen-bond acceptors (Lipinski definition) is 6. The number of ether oxygens (including phenoxy) is 1. The highest BCUT2D eigenvalue weighted by Crippen LogP contribution is 2.38. The number of nitrogens with two attached hydrogens (primary N) is 1. The van der Waals surface area contributed by atoms with Gasteiger partial charge in [0.25, 0.3) is 5.56 Å². The molecule has 2 aromatic carbocycles. The molecule has 1 aliphatic carbocycles. The summed E-state index contributed by atoms with van der Waals surface area (Å²) in [6, 6.07) is 7.64. The monoisotopic (exact) mass is 613 g/mol. The van der Waals surface area contributed by atoms with E-state index in [2.05, 4.69) is 5.32 Å². The second-order valence-corrected chi connectivity index (χ2v) is 11.8. The third-order valence-corrected chi connectivity index (χ3v) is 8.20. The number of rotatable bonds is 13. The first kappa shape index (κ1) is 32.8. The van der Waals surface area contributed by atoms with Crippen LogP contribution in [-0.2, 0) is 4.79 Å². The van der Waals surface area contributed by atoms with Crippen molar-refractivity contribution in [3.8, 4) is 11.4 Å². The summed E-state index contributed by atoms with van der Waals surface area (Å²) in [5.74, 6) is -4.72. The Morgan fingerprint density at radius 3 is 2.32 bits per heavy atom. The van der Waals surface area contributed by atoms with Crippen LogP contribution in [0.15, 0.2) is 47.3 Å². The molecule has 1 saturated carbocycles. The molecule has 4 rings (SSSR count). The summed E-state index contributed by atoms with van der Waals surface area (Å²) in [6.07, 6.45) is 4.58. The molecule has 3 aromatic rings. The second kappa shape index (κ2) is 13.7. The molecular weight excluding hydrogens is 575 g/mol. The number of nitrogen functional groups attached to an aromatic ring is 1. The molecule has 0 bridgehead atoms. The summed E-state index contributed by atoms with van der Waals surface area (Å²) in [6.45, 7) is 5.85. The zero-order chi connectivity index (χ0) is 32.2. The highest BCUT2D eigenvalue weighted by atomic mass is 19.1. The van der Waals surface area contributed by atoms with Gasteiger partial charge in [-0.3, -0.25) is 19.0 Å². The Bertz CT molecular complexity index is 1580. The van der Waals surface area contributed by atoms with Crippen LogP contribution in [0.5, 0.6) is 5.75 Å². The van der Waals surface area contributed by atoms with Gasteiger partial charge in [0.1, 0.15) is 28.6 Å². The molecule has 236 valence electrons. The molecule has 0 aliphatic heterocycles. The quantitative estimate of drug-likeness (QED) is 0.165. The fraction of sp³-hybridized carbons (Fsp3) is 0.424. The average molecular weight is 614 g/mol. The number of carbonyl (C=O) groups excluding carboxylic acids is 1. The average Bonchev–Trinajstić information content (AvgIpc) is 3.50. The summed E-state index contributed by atoms with van der Waals surface area (Å²) < 4.78 is 50.4. The van der Waals surface area contributed by atoms with E-state index in [1.807, 2.05) is 13.8 Å². The van der Waals surface area contributed by atoms with Crippen LogP contribution in [0.25, 0.3) is 5.69 Å². The number of anilines is 1. The van der Waals surface area contributed by atoms with Crippen molar-refractivity contribution in [3.63, 3.8) is 0 Å². The fourth-order valence-corrected chi connectivity index (χ4v) is 6.11. The molecule has 0 unspecified atom stereocenters. The first-order valence-electron chi connectivity index (χ1n) is 14.8. The number of pyridine rings is 1. The molecule has 8 nitrogen and oxygen atoms in total. The van der Waals surface area contributed by atoms with E-state index in [0.717, 1.165) is 56.0 Å². The lowest BCUT2D eigenvalue weighted by molar-refractivity contribution is -0.148. The number of ketones is 1. The van der Waals surface area contributed by atoms with Crippen LogP contribution < -0.4 is 21.3 Å². The lowest BCUT2D eigenvalue weighted by Gasteiger charge is -2.37. The van der Waals surface area contributed by atoms with E-state index in [1.54, 1.807) is 0 Å². The van der Waals surface area contributed by atoms with Gasteiger partial charge >= 0.3 is 5.97 Å². The zero-order valence-corrected chi connectivity index (χ0v) is 25.1. The number of hydrogen-bond donors (Lipinski definition) is 3. The number of nitrogens with zero attached hydrogens (tertiary/aromatic N) is 1. The lowest BCUT2D eigenvalue weighted by atomic mass is 9.76. The maximum atomic E-state index is 15.3. The Hall–Kier alpha value is -4.12. The number of aliphatic carboxylic acids is 1. The summed E-state index contributed by atoms with van der Waals surface area (Å²) in [5, 5.41) is 13.4. The molecule has 1 heterocycles. The number of benzene rings is 2. The van der Waals surface area contributed by atoms with E-state index in [0.29, 0.717) is 24.0 Å². The van der Waals surface area contributed by atoms with Gasteiger partial charge in [-0.2, -0.15) is 0 Å². The second-order valence-electron chi connectivity index (χ2n) is 11.8. The molecule has 11 heteroatoms. The number of carboxylic acids is 1. The Morgan fingerprint density at radius 1 is 1.07 bits per heavy atom. The summed E-state index contributed by atoms with van der Waals surface area (Å²) in [5.41, 5.74) is 3.55. The first-order valence-corrected chi connectivity index (χ1v) is 14.8. The minimum absolute atomic E-state index is 0.0310.